The van der Waals surface area contributed by atoms with Gasteiger partial charge in [-0.2, -0.15) is 0 Å². The molecule has 0 unspecified atom stereocenters. The van der Waals surface area contributed by atoms with Crippen molar-refractivity contribution in [2.75, 3.05) is 0 Å². The zero-order valence-electron chi connectivity index (χ0n) is 12.7. The number of nitro groups is 2. The van der Waals surface area contributed by atoms with E-state index in [-0.39, 0.29) is 5.75 Å². The highest BCUT2D eigenvalue weighted by Gasteiger charge is 2.21. The first-order valence-electron chi connectivity index (χ1n) is 6.79. The van der Waals surface area contributed by atoms with Crippen molar-refractivity contribution >= 4 is 22.7 Å². The molecule has 0 spiro atoms. The van der Waals surface area contributed by atoms with E-state index in [0.717, 1.165) is 23.8 Å². The molecule has 2 aromatic rings. The molecule has 122 valence electrons. The second-order valence-electron chi connectivity index (χ2n) is 4.78. The summed E-state index contributed by atoms with van der Waals surface area (Å²) < 4.78 is 0. The molecule has 0 aromatic heterocycles. The number of hydrogen-bond acceptors (Lipinski definition) is 6. The third-order valence-electron chi connectivity index (χ3n) is 3.19. The van der Waals surface area contributed by atoms with E-state index in [0.29, 0.717) is 11.3 Å². The molecule has 0 amide bonds. The molecule has 8 nitrogen and oxygen atoms in total. The minimum absolute atomic E-state index is 0.189. The van der Waals surface area contributed by atoms with Crippen molar-refractivity contribution in [2.45, 2.75) is 6.92 Å². The van der Waals surface area contributed by atoms with Gasteiger partial charge in [-0.1, -0.05) is 42.1 Å². The van der Waals surface area contributed by atoms with Crippen LogP contribution in [0.4, 0.5) is 11.4 Å². The maximum Gasteiger partial charge on any atom is 0.321 e. The van der Waals surface area contributed by atoms with Crippen LogP contribution in [-0.4, -0.2) is 15.6 Å². The molecule has 0 heterocycles. The SMILES string of the molecule is C=C(/C(C)=N/Oc1ccc([N+](=O)[O-])cc1[N+](=O)[O-])c1ccccc1. The molecule has 0 atom stereocenters. The van der Waals surface area contributed by atoms with Crippen molar-refractivity contribution in [3.05, 3.63) is 80.9 Å². The van der Waals surface area contributed by atoms with Gasteiger partial charge in [0, 0.05) is 6.07 Å². The summed E-state index contributed by atoms with van der Waals surface area (Å²) in [5, 5.41) is 25.6. The van der Waals surface area contributed by atoms with E-state index >= 15 is 0 Å². The number of rotatable bonds is 6. The van der Waals surface area contributed by atoms with E-state index in [4.69, 9.17) is 4.84 Å². The zero-order valence-corrected chi connectivity index (χ0v) is 12.7. The predicted octanol–water partition coefficient (Wildman–Crippen LogP) is 3.97. The molecule has 2 aromatic carbocycles. The van der Waals surface area contributed by atoms with E-state index in [2.05, 4.69) is 11.7 Å². The van der Waals surface area contributed by atoms with E-state index in [9.17, 15) is 20.2 Å². The Kier molecular flexibility index (Phi) is 5.00. The molecule has 2 rings (SSSR count). The summed E-state index contributed by atoms with van der Waals surface area (Å²) >= 11 is 0. The quantitative estimate of drug-likeness (QED) is 0.453. The Bertz CT molecular complexity index is 831. The summed E-state index contributed by atoms with van der Waals surface area (Å²) in [5.41, 5.74) is 0.920. The Balaban J connectivity index is 2.26. The maximum atomic E-state index is 11.0. The Morgan fingerprint density at radius 2 is 1.75 bits per heavy atom. The zero-order chi connectivity index (χ0) is 17.7. The molecular formula is C16H13N3O5. The van der Waals surface area contributed by atoms with Crippen molar-refractivity contribution in [1.82, 2.24) is 0 Å². The van der Waals surface area contributed by atoms with Crippen LogP contribution in [0.5, 0.6) is 5.75 Å². The van der Waals surface area contributed by atoms with Gasteiger partial charge in [0.2, 0.25) is 5.75 Å². The van der Waals surface area contributed by atoms with Gasteiger partial charge in [0.05, 0.1) is 21.6 Å². The van der Waals surface area contributed by atoms with E-state index in [1.54, 1.807) is 6.92 Å². The van der Waals surface area contributed by atoms with Crippen LogP contribution in [0.25, 0.3) is 5.57 Å². The van der Waals surface area contributed by atoms with Gasteiger partial charge in [-0.3, -0.25) is 20.2 Å². The minimum atomic E-state index is -0.765. The van der Waals surface area contributed by atoms with Crippen molar-refractivity contribution in [1.29, 1.82) is 0 Å². The first-order chi connectivity index (χ1) is 11.4. The number of benzene rings is 2. The van der Waals surface area contributed by atoms with Gasteiger partial charge in [-0.05, 0) is 24.1 Å². The van der Waals surface area contributed by atoms with Crippen LogP contribution in [-0.2, 0) is 0 Å². The number of oxime groups is 1. The first kappa shape index (κ1) is 16.8. The number of nitro benzene ring substituents is 2. The van der Waals surface area contributed by atoms with Crippen LogP contribution in [0.15, 0.2) is 60.3 Å². The predicted molar refractivity (Wildman–Crippen MR) is 89.0 cm³/mol. The normalized spacial score (nSPS) is 11.0. The average molecular weight is 327 g/mol. The van der Waals surface area contributed by atoms with E-state index in [1.807, 2.05) is 30.3 Å². The summed E-state index contributed by atoms with van der Waals surface area (Å²) in [7, 11) is 0. The average Bonchev–Trinajstić information content (AvgIpc) is 2.59. The van der Waals surface area contributed by atoms with E-state index < -0.39 is 21.2 Å². The van der Waals surface area contributed by atoms with Crippen molar-refractivity contribution < 1.29 is 14.7 Å². The number of hydrogen-bond donors (Lipinski definition) is 0. The number of nitrogens with zero attached hydrogens (tertiary/aromatic N) is 3. The summed E-state index contributed by atoms with van der Waals surface area (Å²) in [6, 6.07) is 12.3. The number of allylic oxidation sites excluding steroid dienone is 1. The molecule has 0 aliphatic heterocycles. The number of non-ortho nitro benzene ring substituents is 1. The molecule has 0 radical (unpaired) electrons. The van der Waals surface area contributed by atoms with Crippen LogP contribution >= 0.6 is 0 Å². The fourth-order valence-electron chi connectivity index (χ4n) is 1.86. The van der Waals surface area contributed by atoms with Crippen LogP contribution in [0.1, 0.15) is 12.5 Å². The fourth-order valence-corrected chi connectivity index (χ4v) is 1.86. The molecule has 0 saturated heterocycles. The summed E-state index contributed by atoms with van der Waals surface area (Å²) in [4.78, 5) is 25.4. The molecule has 0 N–H and O–H groups in total. The second kappa shape index (κ2) is 7.14. The van der Waals surface area contributed by atoms with Crippen molar-refractivity contribution in [3.8, 4) is 5.75 Å². The third-order valence-corrected chi connectivity index (χ3v) is 3.19. The summed E-state index contributed by atoms with van der Waals surface area (Å²) in [5.74, 6) is -0.189. The van der Waals surface area contributed by atoms with Crippen LogP contribution < -0.4 is 4.84 Å². The molecular weight excluding hydrogens is 314 g/mol. The lowest BCUT2D eigenvalue weighted by Crippen LogP contribution is -2.00. The van der Waals surface area contributed by atoms with Gasteiger partial charge in [0.25, 0.3) is 5.69 Å². The minimum Gasteiger partial charge on any atom is -0.349 e. The lowest BCUT2D eigenvalue weighted by atomic mass is 10.0. The van der Waals surface area contributed by atoms with Crippen molar-refractivity contribution in [3.63, 3.8) is 0 Å². The Hall–Kier alpha value is -3.55. The van der Waals surface area contributed by atoms with Gasteiger partial charge in [0.15, 0.2) is 0 Å². The standard InChI is InChI=1S/C16H13N3O5/c1-11(13-6-4-3-5-7-13)12(2)17-24-16-9-8-14(18(20)21)10-15(16)19(22)23/h3-10H,1H2,2H3/b17-12+. The second-order valence-corrected chi connectivity index (χ2v) is 4.78. The van der Waals surface area contributed by atoms with Gasteiger partial charge in [0.1, 0.15) is 0 Å². The van der Waals surface area contributed by atoms with Gasteiger partial charge < -0.3 is 4.84 Å². The van der Waals surface area contributed by atoms with Gasteiger partial charge in [-0.15, -0.1) is 0 Å². The largest absolute Gasteiger partial charge is 0.349 e. The monoisotopic (exact) mass is 327 g/mol. The van der Waals surface area contributed by atoms with E-state index in [1.165, 1.54) is 0 Å². The molecule has 0 bridgehead atoms. The van der Waals surface area contributed by atoms with Gasteiger partial charge in [-0.25, -0.2) is 0 Å². The third kappa shape index (κ3) is 3.80. The molecule has 8 heteroatoms. The lowest BCUT2D eigenvalue weighted by Gasteiger charge is -2.06. The smallest absolute Gasteiger partial charge is 0.321 e. The molecule has 0 aliphatic carbocycles. The molecule has 0 fully saturated rings. The Labute approximate surface area is 137 Å². The van der Waals surface area contributed by atoms with Crippen LogP contribution in [0.2, 0.25) is 0 Å². The molecule has 0 aliphatic rings. The highest BCUT2D eigenvalue weighted by Crippen LogP contribution is 2.31. The Morgan fingerprint density at radius 3 is 2.33 bits per heavy atom. The summed E-state index contributed by atoms with van der Waals surface area (Å²) in [6.45, 7) is 5.54. The van der Waals surface area contributed by atoms with Crippen molar-refractivity contribution in [2.24, 2.45) is 5.16 Å². The fraction of sp³-hybridized carbons (Fsp3) is 0.0625. The molecule has 0 saturated carbocycles. The lowest BCUT2D eigenvalue weighted by molar-refractivity contribution is -0.394. The summed E-state index contributed by atoms with van der Waals surface area (Å²) in [6.07, 6.45) is 0. The van der Waals surface area contributed by atoms with Crippen LogP contribution in [0, 0.1) is 20.2 Å². The maximum absolute atomic E-state index is 11.0. The van der Waals surface area contributed by atoms with Gasteiger partial charge >= 0.3 is 5.69 Å². The highest BCUT2D eigenvalue weighted by molar-refractivity contribution is 6.21. The molecule has 24 heavy (non-hydrogen) atoms. The topological polar surface area (TPSA) is 108 Å². The van der Waals surface area contributed by atoms with Crippen LogP contribution in [0.3, 0.4) is 0 Å². The first-order valence-corrected chi connectivity index (χ1v) is 6.79. The Morgan fingerprint density at radius 1 is 1.08 bits per heavy atom. The highest BCUT2D eigenvalue weighted by atomic mass is 16.7.